The van der Waals surface area contributed by atoms with Crippen molar-refractivity contribution in [1.82, 2.24) is 10.6 Å². The SMILES string of the molecule is COc1ccc(NC(=O)NC(=O)COC(=O)CC(NC(C)=O)c2ccc(Cl)cc2)cc1. The molecule has 2 aromatic carbocycles. The molecule has 0 heterocycles. The van der Waals surface area contributed by atoms with E-state index in [-0.39, 0.29) is 12.3 Å². The van der Waals surface area contributed by atoms with E-state index in [2.05, 4.69) is 16.0 Å². The van der Waals surface area contributed by atoms with Crippen molar-refractivity contribution >= 4 is 41.1 Å². The minimum absolute atomic E-state index is 0.202. The van der Waals surface area contributed by atoms with E-state index in [0.717, 1.165) is 0 Å². The maximum atomic E-state index is 12.1. The number of carbonyl (C=O) groups is 4. The summed E-state index contributed by atoms with van der Waals surface area (Å²) in [6.45, 7) is 0.672. The third kappa shape index (κ3) is 8.35. The molecule has 10 heteroatoms. The van der Waals surface area contributed by atoms with Gasteiger partial charge in [0.15, 0.2) is 6.61 Å². The first-order chi connectivity index (χ1) is 14.8. The van der Waals surface area contributed by atoms with E-state index >= 15 is 0 Å². The van der Waals surface area contributed by atoms with E-state index < -0.39 is 30.6 Å². The molecule has 0 radical (unpaired) electrons. The molecular weight excluding hydrogens is 426 g/mol. The Balaban J connectivity index is 1.82. The topological polar surface area (TPSA) is 123 Å². The molecule has 0 fully saturated rings. The van der Waals surface area contributed by atoms with E-state index in [1.807, 2.05) is 0 Å². The lowest BCUT2D eigenvalue weighted by molar-refractivity contribution is -0.148. The van der Waals surface area contributed by atoms with Gasteiger partial charge in [-0.25, -0.2) is 4.79 Å². The predicted octanol–water partition coefficient (Wildman–Crippen LogP) is 2.81. The highest BCUT2D eigenvalue weighted by Gasteiger charge is 2.19. The number of amides is 4. The van der Waals surface area contributed by atoms with Gasteiger partial charge in [-0.2, -0.15) is 0 Å². The number of hydrogen-bond donors (Lipinski definition) is 3. The van der Waals surface area contributed by atoms with Crippen molar-refractivity contribution in [2.75, 3.05) is 19.0 Å². The summed E-state index contributed by atoms with van der Waals surface area (Å²) in [4.78, 5) is 47.3. The van der Waals surface area contributed by atoms with Crippen molar-refractivity contribution in [3.63, 3.8) is 0 Å². The van der Waals surface area contributed by atoms with Crippen LogP contribution in [0.5, 0.6) is 5.75 Å². The van der Waals surface area contributed by atoms with Crippen molar-refractivity contribution < 1.29 is 28.7 Å². The average Bonchev–Trinajstić information content (AvgIpc) is 2.72. The molecular formula is C21H22ClN3O6. The van der Waals surface area contributed by atoms with Crippen LogP contribution in [0.4, 0.5) is 10.5 Å². The summed E-state index contributed by atoms with van der Waals surface area (Å²) in [6, 6.07) is 11.7. The molecule has 1 unspecified atom stereocenters. The lowest BCUT2D eigenvalue weighted by atomic mass is 10.0. The second-order valence-corrected chi connectivity index (χ2v) is 6.84. The Hall–Kier alpha value is -3.59. The van der Waals surface area contributed by atoms with E-state index in [1.165, 1.54) is 14.0 Å². The summed E-state index contributed by atoms with van der Waals surface area (Å²) in [5.41, 5.74) is 1.10. The monoisotopic (exact) mass is 447 g/mol. The summed E-state index contributed by atoms with van der Waals surface area (Å²) in [5.74, 6) is -1.24. The van der Waals surface area contributed by atoms with Crippen LogP contribution in [0.3, 0.4) is 0 Å². The molecule has 0 spiro atoms. The summed E-state index contributed by atoms with van der Waals surface area (Å²) in [5, 5.41) is 7.68. The zero-order chi connectivity index (χ0) is 22.8. The minimum Gasteiger partial charge on any atom is -0.497 e. The Labute approximate surface area is 184 Å². The molecule has 3 N–H and O–H groups in total. The number of halogens is 1. The van der Waals surface area contributed by atoms with Gasteiger partial charge < -0.3 is 20.1 Å². The average molecular weight is 448 g/mol. The number of carbonyl (C=O) groups excluding carboxylic acids is 4. The lowest BCUT2D eigenvalue weighted by Crippen LogP contribution is -2.37. The van der Waals surface area contributed by atoms with E-state index in [4.69, 9.17) is 21.1 Å². The van der Waals surface area contributed by atoms with Crippen LogP contribution in [0.25, 0.3) is 0 Å². The molecule has 9 nitrogen and oxygen atoms in total. The summed E-state index contributed by atoms with van der Waals surface area (Å²) >= 11 is 5.86. The number of rotatable bonds is 8. The number of ether oxygens (including phenoxy) is 2. The number of benzene rings is 2. The molecule has 0 aliphatic rings. The smallest absolute Gasteiger partial charge is 0.325 e. The molecule has 4 amide bonds. The number of nitrogens with one attached hydrogen (secondary N) is 3. The van der Waals surface area contributed by atoms with Crippen molar-refractivity contribution in [3.8, 4) is 5.75 Å². The molecule has 1 atom stereocenters. The number of imide groups is 1. The molecule has 0 saturated carbocycles. The molecule has 0 saturated heterocycles. The highest BCUT2D eigenvalue weighted by molar-refractivity contribution is 6.30. The van der Waals surface area contributed by atoms with Crippen molar-refractivity contribution in [2.24, 2.45) is 0 Å². The first kappa shape index (κ1) is 23.7. The molecule has 0 bridgehead atoms. The van der Waals surface area contributed by atoms with Crippen LogP contribution in [-0.4, -0.2) is 37.5 Å². The van der Waals surface area contributed by atoms with Crippen LogP contribution < -0.4 is 20.7 Å². The van der Waals surface area contributed by atoms with Gasteiger partial charge in [-0.15, -0.1) is 0 Å². The van der Waals surface area contributed by atoms with Crippen LogP contribution in [0.2, 0.25) is 5.02 Å². The van der Waals surface area contributed by atoms with Gasteiger partial charge in [-0.3, -0.25) is 19.7 Å². The van der Waals surface area contributed by atoms with Crippen LogP contribution in [0.15, 0.2) is 48.5 Å². The molecule has 2 rings (SSSR count). The lowest BCUT2D eigenvalue weighted by Gasteiger charge is -2.17. The predicted molar refractivity (Wildman–Crippen MR) is 114 cm³/mol. The first-order valence-electron chi connectivity index (χ1n) is 9.20. The normalized spacial score (nSPS) is 11.1. The molecule has 0 aliphatic carbocycles. The van der Waals surface area contributed by atoms with Gasteiger partial charge in [-0.05, 0) is 42.0 Å². The highest BCUT2D eigenvalue weighted by atomic mass is 35.5. The van der Waals surface area contributed by atoms with E-state index in [0.29, 0.717) is 22.0 Å². The molecule has 0 aliphatic heterocycles. The maximum Gasteiger partial charge on any atom is 0.325 e. The fourth-order valence-corrected chi connectivity index (χ4v) is 2.69. The standard InChI is InChI=1S/C21H22ClN3O6/c1-13(26)23-18(14-3-5-15(22)6-4-14)11-20(28)31-12-19(27)25-21(29)24-16-7-9-17(30-2)10-8-16/h3-10,18H,11-12H2,1-2H3,(H,23,26)(H2,24,25,27,29). The third-order valence-electron chi connectivity index (χ3n) is 3.99. The fourth-order valence-electron chi connectivity index (χ4n) is 2.56. The van der Waals surface area contributed by atoms with Gasteiger partial charge in [0.1, 0.15) is 5.75 Å². The van der Waals surface area contributed by atoms with Crippen LogP contribution in [-0.2, 0) is 19.1 Å². The maximum absolute atomic E-state index is 12.1. The van der Waals surface area contributed by atoms with Gasteiger partial charge in [0.05, 0.1) is 19.6 Å². The van der Waals surface area contributed by atoms with Gasteiger partial charge in [0, 0.05) is 17.6 Å². The largest absolute Gasteiger partial charge is 0.497 e. The summed E-state index contributed by atoms with van der Waals surface area (Å²) < 4.78 is 9.93. The molecule has 31 heavy (non-hydrogen) atoms. The van der Waals surface area contributed by atoms with Crippen molar-refractivity contribution in [3.05, 3.63) is 59.1 Å². The molecule has 164 valence electrons. The number of anilines is 1. The first-order valence-corrected chi connectivity index (χ1v) is 9.57. The Kier molecular flexibility index (Phi) is 8.83. The van der Waals surface area contributed by atoms with Crippen molar-refractivity contribution in [1.29, 1.82) is 0 Å². The Morgan fingerprint density at radius 2 is 1.65 bits per heavy atom. The fraction of sp³-hybridized carbons (Fsp3) is 0.238. The highest BCUT2D eigenvalue weighted by Crippen LogP contribution is 2.20. The van der Waals surface area contributed by atoms with Gasteiger partial charge >= 0.3 is 12.0 Å². The zero-order valence-corrected chi connectivity index (χ0v) is 17.7. The number of urea groups is 1. The molecule has 2 aromatic rings. The number of methoxy groups -OCH3 is 1. The van der Waals surface area contributed by atoms with Gasteiger partial charge in [-0.1, -0.05) is 23.7 Å². The second kappa shape index (κ2) is 11.6. The summed E-state index contributed by atoms with van der Waals surface area (Å²) in [7, 11) is 1.52. The third-order valence-corrected chi connectivity index (χ3v) is 4.24. The van der Waals surface area contributed by atoms with E-state index in [9.17, 15) is 19.2 Å². The zero-order valence-electron chi connectivity index (χ0n) is 16.9. The second-order valence-electron chi connectivity index (χ2n) is 6.40. The quantitative estimate of drug-likeness (QED) is 0.535. The Bertz CT molecular complexity index is 931. The van der Waals surface area contributed by atoms with Crippen LogP contribution in [0, 0.1) is 0 Å². The summed E-state index contributed by atoms with van der Waals surface area (Å²) in [6.07, 6.45) is -0.202. The Morgan fingerprint density at radius 1 is 1.00 bits per heavy atom. The number of hydrogen-bond acceptors (Lipinski definition) is 6. The van der Waals surface area contributed by atoms with Crippen LogP contribution >= 0.6 is 11.6 Å². The minimum atomic E-state index is -0.804. The van der Waals surface area contributed by atoms with Crippen LogP contribution in [0.1, 0.15) is 24.9 Å². The van der Waals surface area contributed by atoms with Gasteiger partial charge in [0.2, 0.25) is 5.91 Å². The van der Waals surface area contributed by atoms with Crippen molar-refractivity contribution in [2.45, 2.75) is 19.4 Å². The molecule has 0 aromatic heterocycles. The Morgan fingerprint density at radius 3 is 2.23 bits per heavy atom. The van der Waals surface area contributed by atoms with Gasteiger partial charge in [0.25, 0.3) is 5.91 Å². The number of esters is 1. The van der Waals surface area contributed by atoms with E-state index in [1.54, 1.807) is 48.5 Å².